The maximum Gasteiger partial charge on any atom is 0.315 e. The molecule has 4 aliphatic heterocycles. The van der Waals surface area contributed by atoms with E-state index in [1.165, 1.54) is 19.1 Å². The summed E-state index contributed by atoms with van der Waals surface area (Å²) in [4.78, 5) is 61.6. The van der Waals surface area contributed by atoms with Crippen molar-refractivity contribution in [2.45, 2.75) is 149 Å². The lowest BCUT2D eigenvalue weighted by molar-refractivity contribution is -0.366. The summed E-state index contributed by atoms with van der Waals surface area (Å²) in [5.74, 6) is -0.533. The average Bonchev–Trinajstić information content (AvgIpc) is 3.93. The first kappa shape index (κ1) is 59.8. The third kappa shape index (κ3) is 17.5. The molecule has 414 valence electrons. The third-order valence-electron chi connectivity index (χ3n) is 12.4. The van der Waals surface area contributed by atoms with Gasteiger partial charge in [0.25, 0.3) is 11.8 Å². The van der Waals surface area contributed by atoms with E-state index in [1.807, 2.05) is 11.8 Å². The quantitative estimate of drug-likeness (QED) is 0.0194. The molecule has 73 heavy (non-hydrogen) atoms. The van der Waals surface area contributed by atoms with Crippen LogP contribution in [0.5, 0.6) is 5.75 Å². The summed E-state index contributed by atoms with van der Waals surface area (Å²) in [6.45, 7) is -0.919. The molecule has 17 atom stereocenters. The first-order valence-electron chi connectivity index (χ1n) is 24.2. The summed E-state index contributed by atoms with van der Waals surface area (Å²) in [7, 11) is 0. The van der Waals surface area contributed by atoms with Crippen LogP contribution in [0.3, 0.4) is 0 Å². The molecule has 0 aliphatic carbocycles. The minimum atomic E-state index is -2.00. The Hall–Kier alpha value is -4.08. The van der Waals surface area contributed by atoms with Gasteiger partial charge in [0, 0.05) is 49.5 Å². The number of hydrogen-bond acceptors (Lipinski definition) is 22. The molecule has 4 saturated heterocycles. The number of benzene rings is 1. The van der Waals surface area contributed by atoms with Gasteiger partial charge in [-0.1, -0.05) is 12.5 Å². The lowest BCUT2D eigenvalue weighted by atomic mass is 9.95. The maximum absolute atomic E-state index is 13.0. The van der Waals surface area contributed by atoms with Crippen LogP contribution in [0.25, 0.3) is 0 Å². The standard InChI is InChI=1S/C45H72N6O21S/c1-22(56)28(17-53)68-42(27(58)16-52)72-40-36(61)29(18-54)69-44(38(40)63)71-39-30(19-55)70-43(35(37(39)62)49-23(2)57)66-14-6-11-48-41(64)24-7-5-8-25(15-24)67-20-33(60)47-13-12-46-32(59)10-4-3-9-31-34-26(21-73-31)50-45(65)51-34/h5,7-8,15,22,26-31,34-40,42-44,52-56,58,61-63H,3-4,6,9-14,16-21H2,1-2H3,(H,46,59)(H,47,60)(H,48,64)(H,49,57)(H2,50,51,65)/t22-,26+,27+,28?,29?,30?,31+,34+,35?,36?,37?,38?,39?,40?,42?,43?,44?/m1/s1. The molecule has 4 fully saturated rings. The van der Waals surface area contributed by atoms with E-state index in [9.17, 15) is 69.9 Å². The lowest BCUT2D eigenvalue weighted by Crippen LogP contribution is -2.68. The molecule has 27 nitrogen and oxygen atoms in total. The third-order valence-corrected chi connectivity index (χ3v) is 13.9. The van der Waals surface area contributed by atoms with Gasteiger partial charge in [-0.05, 0) is 44.4 Å². The fraction of sp³-hybridized carbons (Fsp3) is 0.756. The van der Waals surface area contributed by atoms with Gasteiger partial charge in [-0.2, -0.15) is 11.8 Å². The molecule has 0 saturated carbocycles. The van der Waals surface area contributed by atoms with E-state index < -0.39 is 130 Å². The summed E-state index contributed by atoms with van der Waals surface area (Å²) < 4.78 is 39.9. The van der Waals surface area contributed by atoms with Gasteiger partial charge < -0.3 is 111 Å². The maximum atomic E-state index is 13.0. The van der Waals surface area contributed by atoms with Crippen molar-refractivity contribution < 1.29 is 103 Å². The first-order valence-corrected chi connectivity index (χ1v) is 25.3. The minimum Gasteiger partial charge on any atom is -0.484 e. The fourth-order valence-electron chi connectivity index (χ4n) is 8.45. The largest absolute Gasteiger partial charge is 0.484 e. The number of rotatable bonds is 30. The summed E-state index contributed by atoms with van der Waals surface area (Å²) in [6.07, 6.45) is -18.4. The molecule has 28 heteroatoms. The van der Waals surface area contributed by atoms with Crippen molar-refractivity contribution in [3.05, 3.63) is 29.8 Å². The molecule has 1 aromatic rings. The highest BCUT2D eigenvalue weighted by molar-refractivity contribution is 8.00. The SMILES string of the molecule is CC(=O)NC1C(OCCCNC(=O)c2cccc(OCC(=O)NCCNC(=O)CCCC[C@@H]3SC[C@@H]4NC(=O)N[C@@H]43)c2)OC(CO)C(OC2OC(CO)C(O)C(OC(OC(CO)[C@@H](C)O)[C@@H](O)CO)C2O)C1O. The lowest BCUT2D eigenvalue weighted by Gasteiger charge is -2.48. The summed E-state index contributed by atoms with van der Waals surface area (Å²) in [6, 6.07) is 4.94. The molecule has 0 aromatic heterocycles. The molecule has 15 N–H and O–H groups in total. The van der Waals surface area contributed by atoms with Crippen LogP contribution in [0.15, 0.2) is 24.3 Å². The highest BCUT2D eigenvalue weighted by Gasteiger charge is 2.53. The number of carbonyl (C=O) groups excluding carboxylic acids is 5. The Morgan fingerprint density at radius 3 is 2.26 bits per heavy atom. The normalized spacial score (nSPS) is 30.5. The molecule has 1 aromatic carbocycles. The molecule has 12 unspecified atom stereocenters. The Labute approximate surface area is 425 Å². The number of hydrogen-bond donors (Lipinski definition) is 15. The number of carbonyl (C=O) groups is 5. The predicted molar refractivity (Wildman–Crippen MR) is 252 cm³/mol. The van der Waals surface area contributed by atoms with Crippen LogP contribution in [0.2, 0.25) is 0 Å². The first-order chi connectivity index (χ1) is 35.0. The van der Waals surface area contributed by atoms with Crippen LogP contribution in [-0.4, -0.2) is 244 Å². The Morgan fingerprint density at radius 1 is 0.849 bits per heavy atom. The monoisotopic (exact) mass is 1060 g/mol. The zero-order chi connectivity index (χ0) is 53.2. The second-order valence-corrected chi connectivity index (χ2v) is 19.2. The van der Waals surface area contributed by atoms with Crippen molar-refractivity contribution >= 4 is 41.4 Å². The number of ether oxygens (including phenoxy) is 7. The van der Waals surface area contributed by atoms with E-state index in [0.29, 0.717) is 18.1 Å². The number of aliphatic hydroxyl groups excluding tert-OH is 9. The number of fused-ring (bicyclic) bond motifs is 1. The van der Waals surface area contributed by atoms with Gasteiger partial charge in [-0.25, -0.2) is 4.79 Å². The number of nitrogens with one attached hydrogen (secondary N) is 6. The molecule has 4 heterocycles. The van der Waals surface area contributed by atoms with Crippen molar-refractivity contribution in [2.24, 2.45) is 0 Å². The number of urea groups is 1. The molecule has 5 rings (SSSR count). The number of thioether (sulfide) groups is 1. The van der Waals surface area contributed by atoms with Gasteiger partial charge in [0.15, 0.2) is 25.5 Å². The second kappa shape index (κ2) is 29.9. The summed E-state index contributed by atoms with van der Waals surface area (Å²) in [5.41, 5.74) is 0.226. The molecule has 0 bridgehead atoms. The minimum absolute atomic E-state index is 0.0796. The summed E-state index contributed by atoms with van der Waals surface area (Å²) >= 11 is 1.83. The zero-order valence-corrected chi connectivity index (χ0v) is 41.4. The smallest absolute Gasteiger partial charge is 0.315 e. The fourth-order valence-corrected chi connectivity index (χ4v) is 10.00. The van der Waals surface area contributed by atoms with E-state index in [0.717, 1.165) is 25.5 Å². The number of amides is 6. The Bertz CT molecular complexity index is 1910. The van der Waals surface area contributed by atoms with E-state index >= 15 is 0 Å². The second-order valence-electron chi connectivity index (χ2n) is 17.9. The molecule has 0 spiro atoms. The van der Waals surface area contributed by atoms with Gasteiger partial charge in [-0.15, -0.1) is 0 Å². The van der Waals surface area contributed by atoms with Gasteiger partial charge in [0.2, 0.25) is 11.8 Å². The molecule has 6 amide bonds. The summed E-state index contributed by atoms with van der Waals surface area (Å²) in [5, 5.41) is 111. The predicted octanol–water partition coefficient (Wildman–Crippen LogP) is -5.61. The van der Waals surface area contributed by atoms with E-state index in [1.54, 1.807) is 12.1 Å². The van der Waals surface area contributed by atoms with Crippen LogP contribution in [0.1, 0.15) is 56.3 Å². The van der Waals surface area contributed by atoms with Gasteiger partial charge >= 0.3 is 6.03 Å². The Balaban J connectivity index is 1.03. The van der Waals surface area contributed by atoms with Gasteiger partial charge in [0.1, 0.15) is 66.7 Å². The van der Waals surface area contributed by atoms with Crippen LogP contribution >= 0.6 is 11.8 Å². The van der Waals surface area contributed by atoms with Crippen molar-refractivity contribution in [1.82, 2.24) is 31.9 Å². The molecule has 0 radical (unpaired) electrons. The zero-order valence-electron chi connectivity index (χ0n) is 40.6. The van der Waals surface area contributed by atoms with Gasteiger partial charge in [0.05, 0.1) is 51.2 Å². The van der Waals surface area contributed by atoms with E-state index in [-0.39, 0.29) is 74.6 Å². The van der Waals surface area contributed by atoms with Crippen molar-refractivity contribution in [2.75, 3.05) is 65.0 Å². The highest BCUT2D eigenvalue weighted by Crippen LogP contribution is 2.34. The van der Waals surface area contributed by atoms with Crippen LogP contribution < -0.4 is 36.6 Å². The van der Waals surface area contributed by atoms with Crippen LogP contribution in [-0.2, 0) is 42.8 Å². The number of unbranched alkanes of at least 4 members (excludes halogenated alkanes) is 1. The highest BCUT2D eigenvalue weighted by atomic mass is 32.2. The van der Waals surface area contributed by atoms with Crippen molar-refractivity contribution in [3.63, 3.8) is 0 Å². The molecular weight excluding hydrogens is 993 g/mol. The average molecular weight is 1070 g/mol. The van der Waals surface area contributed by atoms with E-state index in [2.05, 4.69) is 31.9 Å². The van der Waals surface area contributed by atoms with Crippen molar-refractivity contribution in [3.8, 4) is 5.75 Å². The Morgan fingerprint density at radius 2 is 1.58 bits per heavy atom. The Kier molecular flexibility index (Phi) is 24.5. The topological polar surface area (TPSA) is 404 Å². The molecular formula is C45H72N6O21S. The van der Waals surface area contributed by atoms with Crippen LogP contribution in [0.4, 0.5) is 4.79 Å². The molecule has 4 aliphatic rings. The number of aliphatic hydroxyl groups is 9. The van der Waals surface area contributed by atoms with Gasteiger partial charge in [-0.3, -0.25) is 19.2 Å². The van der Waals surface area contributed by atoms with E-state index in [4.69, 9.17) is 33.2 Å². The van der Waals surface area contributed by atoms with Crippen molar-refractivity contribution in [1.29, 1.82) is 0 Å². The van der Waals surface area contributed by atoms with Crippen LogP contribution in [0, 0.1) is 0 Å².